The molecule has 3 nitrogen and oxygen atoms in total. The third-order valence-corrected chi connectivity index (χ3v) is 2.39. The maximum Gasteiger partial charge on any atom is 0.228 e. The molecule has 0 unspecified atom stereocenters. The van der Waals surface area contributed by atoms with Crippen LogP contribution in [0.2, 0.25) is 0 Å². The molecule has 1 N–H and O–H groups in total. The minimum absolute atomic E-state index is 0.109. The Morgan fingerprint density at radius 1 is 1.29 bits per heavy atom. The summed E-state index contributed by atoms with van der Waals surface area (Å²) < 4.78 is 14.5. The summed E-state index contributed by atoms with van der Waals surface area (Å²) >= 11 is 0. The highest BCUT2D eigenvalue weighted by Gasteiger charge is 2.04. The Morgan fingerprint density at radius 2 is 2.00 bits per heavy atom. The lowest BCUT2D eigenvalue weighted by Gasteiger charge is -2.03. The van der Waals surface area contributed by atoms with Crippen LogP contribution in [0.1, 0.15) is 5.56 Å². The van der Waals surface area contributed by atoms with Crippen LogP contribution >= 0.6 is 0 Å². The predicted molar refractivity (Wildman–Crippen MR) is 64.1 cm³/mol. The van der Waals surface area contributed by atoms with Crippen molar-refractivity contribution in [3.8, 4) is 0 Å². The molecule has 0 spiro atoms. The summed E-state index contributed by atoms with van der Waals surface area (Å²) in [7, 11) is 1.90. The summed E-state index contributed by atoms with van der Waals surface area (Å²) in [6.07, 6.45) is 4.10. The zero-order chi connectivity index (χ0) is 12.3. The lowest BCUT2D eigenvalue weighted by molar-refractivity contribution is -0.115. The standard InChI is InChI=1S/C13H13FN2O/c1-16-7-6-10(9-16)8-13(17)15-12-4-2-11(14)3-5-12/h2-7,9H,8H2,1H3,(H,15,17). The van der Waals surface area contributed by atoms with Crippen LogP contribution in [0.25, 0.3) is 0 Å². The number of carbonyl (C=O) groups excluding carboxylic acids is 1. The molecule has 17 heavy (non-hydrogen) atoms. The molecule has 2 rings (SSSR count). The molecule has 2 aromatic rings. The van der Waals surface area contributed by atoms with Crippen molar-refractivity contribution in [3.63, 3.8) is 0 Å². The highest BCUT2D eigenvalue weighted by molar-refractivity contribution is 5.92. The first kappa shape index (κ1) is 11.4. The van der Waals surface area contributed by atoms with E-state index >= 15 is 0 Å². The summed E-state index contributed by atoms with van der Waals surface area (Å²) in [6.45, 7) is 0. The van der Waals surface area contributed by atoms with Gasteiger partial charge in [-0.2, -0.15) is 0 Å². The van der Waals surface area contributed by atoms with Crippen molar-refractivity contribution >= 4 is 11.6 Å². The molecule has 1 amide bonds. The summed E-state index contributed by atoms with van der Waals surface area (Å²) in [5, 5.41) is 2.71. The summed E-state index contributed by atoms with van der Waals surface area (Å²) in [4.78, 5) is 11.7. The second-order valence-corrected chi connectivity index (χ2v) is 3.92. The molecule has 1 aromatic carbocycles. The van der Waals surface area contributed by atoms with Crippen LogP contribution in [0.4, 0.5) is 10.1 Å². The maximum atomic E-state index is 12.7. The van der Waals surface area contributed by atoms with E-state index in [-0.39, 0.29) is 11.7 Å². The Kier molecular flexibility index (Phi) is 3.23. The normalized spacial score (nSPS) is 10.2. The summed E-state index contributed by atoms with van der Waals surface area (Å²) in [5.74, 6) is -0.422. The molecule has 0 aliphatic carbocycles. The molecule has 0 aliphatic heterocycles. The molecule has 1 aromatic heterocycles. The van der Waals surface area contributed by atoms with E-state index in [4.69, 9.17) is 0 Å². The van der Waals surface area contributed by atoms with Crippen LogP contribution in [0.5, 0.6) is 0 Å². The molecule has 0 aliphatic rings. The van der Waals surface area contributed by atoms with Crippen LogP contribution < -0.4 is 5.32 Å². The van der Waals surface area contributed by atoms with E-state index in [2.05, 4.69) is 5.32 Å². The van der Waals surface area contributed by atoms with Crippen molar-refractivity contribution in [2.75, 3.05) is 5.32 Å². The number of halogens is 1. The first-order chi connectivity index (χ1) is 8.13. The number of nitrogens with one attached hydrogen (secondary N) is 1. The molecule has 0 bridgehead atoms. The van der Waals surface area contributed by atoms with E-state index in [1.165, 1.54) is 24.3 Å². The Hall–Kier alpha value is -2.10. The van der Waals surface area contributed by atoms with Gasteiger partial charge in [0.1, 0.15) is 5.82 Å². The van der Waals surface area contributed by atoms with Gasteiger partial charge in [0.2, 0.25) is 5.91 Å². The average Bonchev–Trinajstić information content (AvgIpc) is 2.67. The number of anilines is 1. The zero-order valence-corrected chi connectivity index (χ0v) is 9.48. The van der Waals surface area contributed by atoms with Crippen molar-refractivity contribution < 1.29 is 9.18 Å². The monoisotopic (exact) mass is 232 g/mol. The molecule has 0 fully saturated rings. The van der Waals surface area contributed by atoms with Crippen LogP contribution in [0.3, 0.4) is 0 Å². The molecule has 0 radical (unpaired) electrons. The second-order valence-electron chi connectivity index (χ2n) is 3.92. The van der Waals surface area contributed by atoms with Gasteiger partial charge in [-0.15, -0.1) is 0 Å². The molecule has 0 saturated heterocycles. The molecular weight excluding hydrogens is 219 g/mol. The highest BCUT2D eigenvalue weighted by Crippen LogP contribution is 2.09. The molecule has 0 saturated carbocycles. The van der Waals surface area contributed by atoms with Gasteiger partial charge < -0.3 is 9.88 Å². The summed E-state index contributed by atoms with van der Waals surface area (Å²) in [6, 6.07) is 7.61. The molecular formula is C13H13FN2O. The van der Waals surface area contributed by atoms with Crippen LogP contribution in [0.15, 0.2) is 42.7 Å². The molecule has 88 valence electrons. The molecule has 0 atom stereocenters. The van der Waals surface area contributed by atoms with E-state index < -0.39 is 0 Å². The minimum atomic E-state index is -0.314. The van der Waals surface area contributed by atoms with Gasteiger partial charge >= 0.3 is 0 Å². The van der Waals surface area contributed by atoms with Gasteiger partial charge in [0.25, 0.3) is 0 Å². The number of hydrogen-bond donors (Lipinski definition) is 1. The Labute approximate surface area is 98.9 Å². The number of benzene rings is 1. The third-order valence-electron chi connectivity index (χ3n) is 2.39. The largest absolute Gasteiger partial charge is 0.357 e. The van der Waals surface area contributed by atoms with Gasteiger partial charge in [-0.3, -0.25) is 4.79 Å². The third kappa shape index (κ3) is 3.17. The van der Waals surface area contributed by atoms with Crippen molar-refractivity contribution in [2.45, 2.75) is 6.42 Å². The van der Waals surface area contributed by atoms with Crippen LogP contribution in [0, 0.1) is 5.82 Å². The zero-order valence-electron chi connectivity index (χ0n) is 9.48. The first-order valence-corrected chi connectivity index (χ1v) is 5.30. The van der Waals surface area contributed by atoms with E-state index in [9.17, 15) is 9.18 Å². The van der Waals surface area contributed by atoms with Gasteiger partial charge in [0, 0.05) is 25.1 Å². The van der Waals surface area contributed by atoms with Crippen molar-refractivity contribution in [2.24, 2.45) is 7.05 Å². The van der Waals surface area contributed by atoms with Crippen molar-refractivity contribution in [1.82, 2.24) is 4.57 Å². The van der Waals surface area contributed by atoms with Gasteiger partial charge in [-0.05, 0) is 35.9 Å². The van der Waals surface area contributed by atoms with E-state index in [1.54, 1.807) is 0 Å². The van der Waals surface area contributed by atoms with E-state index in [0.29, 0.717) is 12.1 Å². The van der Waals surface area contributed by atoms with Gasteiger partial charge in [0.15, 0.2) is 0 Å². The SMILES string of the molecule is Cn1ccc(CC(=O)Nc2ccc(F)cc2)c1. The summed E-state index contributed by atoms with van der Waals surface area (Å²) in [5.41, 5.74) is 1.56. The number of aryl methyl sites for hydroxylation is 1. The Morgan fingerprint density at radius 3 is 2.59 bits per heavy atom. The first-order valence-electron chi connectivity index (χ1n) is 5.30. The molecule has 1 heterocycles. The van der Waals surface area contributed by atoms with Gasteiger partial charge in [-0.25, -0.2) is 4.39 Å². The smallest absolute Gasteiger partial charge is 0.228 e. The fourth-order valence-corrected chi connectivity index (χ4v) is 1.59. The number of carbonyl (C=O) groups is 1. The Bertz CT molecular complexity index is 516. The van der Waals surface area contributed by atoms with Gasteiger partial charge in [0.05, 0.1) is 6.42 Å². The lowest BCUT2D eigenvalue weighted by Crippen LogP contribution is -2.13. The van der Waals surface area contributed by atoms with E-state index in [0.717, 1.165) is 5.56 Å². The molecule has 4 heteroatoms. The van der Waals surface area contributed by atoms with Crippen LogP contribution in [-0.2, 0) is 18.3 Å². The maximum absolute atomic E-state index is 12.7. The Balaban J connectivity index is 1.95. The quantitative estimate of drug-likeness (QED) is 0.866. The highest BCUT2D eigenvalue weighted by atomic mass is 19.1. The van der Waals surface area contributed by atoms with Crippen LogP contribution in [-0.4, -0.2) is 10.5 Å². The topological polar surface area (TPSA) is 34.0 Å². The number of nitrogens with zero attached hydrogens (tertiary/aromatic N) is 1. The second kappa shape index (κ2) is 4.82. The van der Waals surface area contributed by atoms with Gasteiger partial charge in [-0.1, -0.05) is 0 Å². The number of aromatic nitrogens is 1. The predicted octanol–water partition coefficient (Wildman–Crippen LogP) is 2.35. The number of amides is 1. The average molecular weight is 232 g/mol. The van der Waals surface area contributed by atoms with Crippen molar-refractivity contribution in [1.29, 1.82) is 0 Å². The number of rotatable bonds is 3. The minimum Gasteiger partial charge on any atom is -0.357 e. The lowest BCUT2D eigenvalue weighted by atomic mass is 10.2. The fraction of sp³-hybridized carbons (Fsp3) is 0.154. The van der Waals surface area contributed by atoms with Crippen molar-refractivity contribution in [3.05, 3.63) is 54.1 Å². The number of hydrogen-bond acceptors (Lipinski definition) is 1. The van der Waals surface area contributed by atoms with E-state index in [1.807, 2.05) is 30.1 Å². The fourth-order valence-electron chi connectivity index (χ4n) is 1.59.